The van der Waals surface area contributed by atoms with Crippen molar-refractivity contribution in [2.24, 2.45) is 0 Å². The van der Waals surface area contributed by atoms with E-state index in [-0.39, 0.29) is 55.4 Å². The van der Waals surface area contributed by atoms with Gasteiger partial charge in [-0.15, -0.1) is 0 Å². The molecule has 0 aliphatic carbocycles. The van der Waals surface area contributed by atoms with Crippen LogP contribution in [0.3, 0.4) is 0 Å². The van der Waals surface area contributed by atoms with Crippen LogP contribution in [0.5, 0.6) is 11.5 Å². The molecule has 0 aliphatic rings. The Labute approximate surface area is 505 Å². The van der Waals surface area contributed by atoms with Crippen LogP contribution in [0.2, 0.25) is 0 Å². The van der Waals surface area contributed by atoms with Crippen molar-refractivity contribution in [3.63, 3.8) is 0 Å². The van der Waals surface area contributed by atoms with Crippen molar-refractivity contribution < 1.29 is 52.0 Å². The zero-order chi connectivity index (χ0) is 60.2. The Hall–Kier alpha value is -4.73. The van der Waals surface area contributed by atoms with Crippen LogP contribution < -0.4 is 9.05 Å². The van der Waals surface area contributed by atoms with Gasteiger partial charge in [-0.3, -0.25) is 24.8 Å². The molecule has 16 heteroatoms. The number of ether oxygens (including phenoxy) is 4. The number of non-ortho nitro benzene ring substituents is 2. The number of nitro benzene ring substituents is 2. The minimum absolute atomic E-state index is 0.00217. The summed E-state index contributed by atoms with van der Waals surface area (Å²) < 4.78 is 54.5. The van der Waals surface area contributed by atoms with E-state index in [0.29, 0.717) is 19.8 Å². The van der Waals surface area contributed by atoms with Crippen LogP contribution in [-0.2, 0) is 41.3 Å². The van der Waals surface area contributed by atoms with Gasteiger partial charge in [0.1, 0.15) is 23.7 Å². The first-order chi connectivity index (χ1) is 41.1. The van der Waals surface area contributed by atoms with Gasteiger partial charge in [-0.1, -0.05) is 267 Å². The molecule has 4 rings (SSSR count). The molecule has 1 N–H and O–H groups in total. The molecule has 0 bridgehead atoms. The number of phosphoric ester groups is 1. The fourth-order valence-electron chi connectivity index (χ4n) is 9.57. The zero-order valence-corrected chi connectivity index (χ0v) is 52.4. The first-order valence-electron chi connectivity index (χ1n) is 32.3. The molecule has 4 aromatic rings. The van der Waals surface area contributed by atoms with Crippen molar-refractivity contribution >= 4 is 19.2 Å². The van der Waals surface area contributed by atoms with Crippen molar-refractivity contribution in [3.05, 3.63) is 141 Å². The monoisotopic (exact) mass is 1190 g/mol. The zero-order valence-electron chi connectivity index (χ0n) is 51.5. The Balaban J connectivity index is 0.000000507. The molecule has 0 saturated carbocycles. The van der Waals surface area contributed by atoms with Gasteiger partial charge in [0.15, 0.2) is 0 Å². The number of nitrogens with zero attached hydrogens (tertiary/aromatic N) is 2. The summed E-state index contributed by atoms with van der Waals surface area (Å²) in [6.07, 6.45) is 41.8. The van der Waals surface area contributed by atoms with Crippen LogP contribution in [0.4, 0.5) is 11.4 Å². The van der Waals surface area contributed by atoms with Gasteiger partial charge in [-0.2, -0.15) is 0 Å². The second kappa shape index (κ2) is 50.4. The molecule has 84 heavy (non-hydrogen) atoms. The summed E-state index contributed by atoms with van der Waals surface area (Å²) in [7, 11) is -4.44. The second-order valence-electron chi connectivity index (χ2n) is 22.2. The Morgan fingerprint density at radius 1 is 0.405 bits per heavy atom. The van der Waals surface area contributed by atoms with Gasteiger partial charge in [-0.25, -0.2) is 4.57 Å². The first kappa shape index (κ1) is 73.5. The maximum absolute atomic E-state index is 14.0. The average molecular weight is 1190 g/mol. The van der Waals surface area contributed by atoms with Crippen molar-refractivity contribution in [2.75, 3.05) is 39.6 Å². The molecule has 0 aliphatic heterocycles. The standard InChI is InChI=1S/C40H57N2O10P.C28H50O3/c1-2-3-4-5-6-7-8-9-10-11-12-13-14-15-16-20-31-48-33-40(49-32-35-21-18-17-19-22-35)34-50-53(47,51-38-27-23-36(24-28-38)41(43)44)52-39-29-25-37(26-30-39)42(45)46;1-2-3-4-5-6-7-8-9-10-11-12-13-14-15-16-20-23-30-26-28(24-29)31-25-27-21-18-17-19-22-27/h17-19,21-30,40H,2-16,20,31-34H2,1H3;17-19,21-22,28-29H,2-16,20,23-26H2,1H3/t40-;28-/m01/s1. The van der Waals surface area contributed by atoms with Crippen LogP contribution in [-0.4, -0.2) is 66.8 Å². The predicted octanol–water partition coefficient (Wildman–Crippen LogP) is 19.8. The molecule has 472 valence electrons. The molecular weight excluding hydrogens is 1080 g/mol. The molecule has 0 spiro atoms. The SMILES string of the molecule is CCCCCCCCCCCCCCCCCCOC[C@@H](CO)OCc1ccccc1.CCCCCCCCCCCCCCCCCCOC[C@@H](COP(=O)(Oc1ccc([N+](=O)[O-])cc1)Oc1ccc([N+](=O)[O-])cc1)OCc1ccccc1. The number of hydrogen-bond donors (Lipinski definition) is 1. The van der Waals surface area contributed by atoms with E-state index in [4.69, 9.17) is 32.5 Å². The third-order valence-electron chi connectivity index (χ3n) is 14.7. The van der Waals surface area contributed by atoms with E-state index < -0.39 is 23.8 Å². The van der Waals surface area contributed by atoms with E-state index in [1.807, 2.05) is 60.7 Å². The lowest BCUT2D eigenvalue weighted by atomic mass is 10.0. The van der Waals surface area contributed by atoms with Gasteiger partial charge in [-0.05, 0) is 48.2 Å². The first-order valence-corrected chi connectivity index (χ1v) is 33.8. The summed E-state index contributed by atoms with van der Waals surface area (Å²) in [6.45, 7) is 7.05. The molecule has 0 aromatic heterocycles. The number of unbranched alkanes of at least 4 members (excludes halogenated alkanes) is 30. The maximum atomic E-state index is 14.0. The molecular formula is C68H107N2O13P. The molecule has 15 nitrogen and oxygen atoms in total. The van der Waals surface area contributed by atoms with Gasteiger partial charge in [0.25, 0.3) is 11.4 Å². The number of phosphoric acid groups is 1. The molecule has 0 saturated heterocycles. The van der Waals surface area contributed by atoms with E-state index in [0.717, 1.165) is 37.0 Å². The number of aliphatic hydroxyl groups is 1. The molecule has 0 fully saturated rings. The fourth-order valence-corrected chi connectivity index (χ4v) is 10.8. The highest BCUT2D eigenvalue weighted by molar-refractivity contribution is 7.49. The van der Waals surface area contributed by atoms with Crippen molar-refractivity contribution in [1.29, 1.82) is 0 Å². The Bertz CT molecular complexity index is 2140. The van der Waals surface area contributed by atoms with Crippen LogP contribution in [0.15, 0.2) is 109 Å². The van der Waals surface area contributed by atoms with Crippen molar-refractivity contribution in [1.82, 2.24) is 0 Å². The predicted molar refractivity (Wildman–Crippen MR) is 339 cm³/mol. The van der Waals surface area contributed by atoms with Crippen molar-refractivity contribution in [3.8, 4) is 11.5 Å². The van der Waals surface area contributed by atoms with E-state index in [9.17, 15) is 29.9 Å². The third kappa shape index (κ3) is 39.1. The Morgan fingerprint density at radius 2 is 0.702 bits per heavy atom. The molecule has 0 amide bonds. The summed E-state index contributed by atoms with van der Waals surface area (Å²) in [4.78, 5) is 21.1. The number of benzene rings is 4. The summed E-state index contributed by atoms with van der Waals surface area (Å²) in [5, 5.41) is 31.7. The quantitative estimate of drug-likeness (QED) is 0.0190. The van der Waals surface area contributed by atoms with E-state index in [2.05, 4.69) is 13.8 Å². The van der Waals surface area contributed by atoms with Gasteiger partial charge >= 0.3 is 7.82 Å². The molecule has 4 aromatic carbocycles. The highest BCUT2D eigenvalue weighted by atomic mass is 31.2. The maximum Gasteiger partial charge on any atom is 0.587 e. The molecule has 0 heterocycles. The summed E-state index contributed by atoms with van der Waals surface area (Å²) in [5.41, 5.74) is 1.70. The minimum Gasteiger partial charge on any atom is -0.395 e. The second-order valence-corrected chi connectivity index (χ2v) is 23.7. The van der Waals surface area contributed by atoms with Crippen LogP contribution in [0.1, 0.15) is 230 Å². The topological polar surface area (TPSA) is 188 Å². The lowest BCUT2D eigenvalue weighted by Gasteiger charge is -2.23. The lowest BCUT2D eigenvalue weighted by molar-refractivity contribution is -0.385. The van der Waals surface area contributed by atoms with E-state index in [1.165, 1.54) is 235 Å². The number of hydrogen-bond acceptors (Lipinski definition) is 13. The van der Waals surface area contributed by atoms with E-state index >= 15 is 0 Å². The van der Waals surface area contributed by atoms with Crippen molar-refractivity contribution in [2.45, 2.75) is 245 Å². The van der Waals surface area contributed by atoms with Gasteiger partial charge < -0.3 is 33.1 Å². The van der Waals surface area contributed by atoms with Gasteiger partial charge in [0, 0.05) is 37.5 Å². The van der Waals surface area contributed by atoms with E-state index in [1.54, 1.807) is 0 Å². The average Bonchev–Trinajstić information content (AvgIpc) is 3.70. The normalized spacial score (nSPS) is 12.1. The molecule has 0 unspecified atom stereocenters. The Kier molecular flexibility index (Phi) is 44.1. The fraction of sp³-hybridized carbons (Fsp3) is 0.647. The van der Waals surface area contributed by atoms with Crippen LogP contribution >= 0.6 is 7.82 Å². The molecule has 0 radical (unpaired) electrons. The lowest BCUT2D eigenvalue weighted by Crippen LogP contribution is -2.26. The highest BCUT2D eigenvalue weighted by Gasteiger charge is 2.33. The number of aliphatic hydroxyl groups excluding tert-OH is 1. The largest absolute Gasteiger partial charge is 0.587 e. The van der Waals surface area contributed by atoms with Gasteiger partial charge in [0.2, 0.25) is 0 Å². The smallest absolute Gasteiger partial charge is 0.395 e. The minimum atomic E-state index is -4.44. The third-order valence-corrected chi connectivity index (χ3v) is 16.0. The number of nitro groups is 2. The van der Waals surface area contributed by atoms with Crippen LogP contribution in [0.25, 0.3) is 0 Å². The summed E-state index contributed by atoms with van der Waals surface area (Å²) in [5.74, 6) is 0.00435. The van der Waals surface area contributed by atoms with Crippen LogP contribution in [0, 0.1) is 20.2 Å². The molecule has 2 atom stereocenters. The highest BCUT2D eigenvalue weighted by Crippen LogP contribution is 2.50. The number of rotatable bonds is 54. The summed E-state index contributed by atoms with van der Waals surface area (Å²) >= 11 is 0. The van der Waals surface area contributed by atoms with Gasteiger partial charge in [0.05, 0.1) is 49.5 Å². The Morgan fingerprint density at radius 3 is 1.01 bits per heavy atom. The summed E-state index contributed by atoms with van der Waals surface area (Å²) in [6, 6.07) is 29.5.